The Hall–Kier alpha value is -0.810. The molecule has 2 saturated carbocycles. The largest absolute Gasteiger partial charge is 0.313 e. The molecular weight excluding hydrogens is 256 g/mol. The standard InChI is InChI=1S/C14H22N4S/c1-3-15-8-10(2)9-19-14-17-16-13(11-4-5-11)18(14)12-6-7-12/h11-12,15H,2-9H2,1H3. The second kappa shape index (κ2) is 5.67. The molecule has 0 saturated heterocycles. The molecule has 2 aliphatic rings. The minimum absolute atomic E-state index is 0.676. The fourth-order valence-electron chi connectivity index (χ4n) is 2.20. The monoisotopic (exact) mass is 278 g/mol. The van der Waals surface area contributed by atoms with Crippen molar-refractivity contribution in [1.29, 1.82) is 0 Å². The number of hydrogen-bond acceptors (Lipinski definition) is 4. The molecule has 0 bridgehead atoms. The lowest BCUT2D eigenvalue weighted by atomic mass is 10.3. The zero-order valence-corrected chi connectivity index (χ0v) is 12.4. The van der Waals surface area contributed by atoms with Crippen LogP contribution in [0.25, 0.3) is 0 Å². The molecule has 1 aromatic rings. The lowest BCUT2D eigenvalue weighted by molar-refractivity contribution is 0.627. The summed E-state index contributed by atoms with van der Waals surface area (Å²) in [7, 11) is 0. The maximum atomic E-state index is 4.43. The van der Waals surface area contributed by atoms with Crippen molar-refractivity contribution in [2.45, 2.75) is 49.7 Å². The maximum Gasteiger partial charge on any atom is 0.191 e. The van der Waals surface area contributed by atoms with Crippen molar-refractivity contribution in [3.63, 3.8) is 0 Å². The van der Waals surface area contributed by atoms with Crippen molar-refractivity contribution in [3.05, 3.63) is 18.0 Å². The molecule has 1 heterocycles. The van der Waals surface area contributed by atoms with Crippen LogP contribution in [0.5, 0.6) is 0 Å². The molecule has 4 nitrogen and oxygen atoms in total. The fourth-order valence-corrected chi connectivity index (χ4v) is 3.12. The highest BCUT2D eigenvalue weighted by molar-refractivity contribution is 7.99. The van der Waals surface area contributed by atoms with Crippen LogP contribution in [0.4, 0.5) is 0 Å². The Morgan fingerprint density at radius 2 is 2.16 bits per heavy atom. The molecule has 1 aromatic heterocycles. The summed E-state index contributed by atoms with van der Waals surface area (Å²) in [6.45, 7) is 8.12. The highest BCUT2D eigenvalue weighted by Gasteiger charge is 2.36. The Labute approximate surface area is 119 Å². The molecule has 104 valence electrons. The molecule has 0 spiro atoms. The molecule has 0 aliphatic heterocycles. The fraction of sp³-hybridized carbons (Fsp3) is 0.714. The SMILES string of the molecule is C=C(CNCC)CSc1nnc(C2CC2)n1C1CC1. The van der Waals surface area contributed by atoms with Crippen LogP contribution in [-0.2, 0) is 0 Å². The van der Waals surface area contributed by atoms with E-state index in [9.17, 15) is 0 Å². The topological polar surface area (TPSA) is 42.7 Å². The number of thioether (sulfide) groups is 1. The predicted octanol–water partition coefficient (Wildman–Crippen LogP) is 2.75. The summed E-state index contributed by atoms with van der Waals surface area (Å²) in [5.74, 6) is 2.86. The van der Waals surface area contributed by atoms with Crippen LogP contribution in [0.1, 0.15) is 50.4 Å². The predicted molar refractivity (Wildman–Crippen MR) is 78.7 cm³/mol. The molecule has 3 rings (SSSR count). The number of likely N-dealkylation sites (N-methyl/N-ethyl adjacent to an activating group) is 1. The first-order chi connectivity index (χ1) is 9.29. The molecule has 0 atom stereocenters. The quantitative estimate of drug-likeness (QED) is 0.586. The van der Waals surface area contributed by atoms with E-state index in [0.29, 0.717) is 12.0 Å². The van der Waals surface area contributed by atoms with Crippen LogP contribution in [0.3, 0.4) is 0 Å². The first kappa shape index (κ1) is 13.2. The second-order valence-corrected chi connectivity index (χ2v) is 6.48. The van der Waals surface area contributed by atoms with Gasteiger partial charge in [0.25, 0.3) is 0 Å². The average molecular weight is 278 g/mol. The van der Waals surface area contributed by atoms with Gasteiger partial charge in [0.2, 0.25) is 0 Å². The summed E-state index contributed by atoms with van der Waals surface area (Å²) >= 11 is 1.79. The molecule has 0 unspecified atom stereocenters. The van der Waals surface area contributed by atoms with Gasteiger partial charge in [-0.15, -0.1) is 10.2 Å². The number of aromatic nitrogens is 3. The molecule has 2 aliphatic carbocycles. The van der Waals surface area contributed by atoms with Gasteiger partial charge in [-0.05, 0) is 32.2 Å². The summed E-state index contributed by atoms with van der Waals surface area (Å²) in [5.41, 5.74) is 1.23. The van der Waals surface area contributed by atoms with Gasteiger partial charge in [-0.2, -0.15) is 0 Å². The Balaban J connectivity index is 1.62. The van der Waals surface area contributed by atoms with E-state index in [1.807, 2.05) is 0 Å². The van der Waals surface area contributed by atoms with E-state index in [1.165, 1.54) is 37.1 Å². The Bertz CT molecular complexity index is 460. The van der Waals surface area contributed by atoms with Crippen molar-refractivity contribution in [2.24, 2.45) is 0 Å². The first-order valence-electron chi connectivity index (χ1n) is 7.24. The van der Waals surface area contributed by atoms with Crippen molar-refractivity contribution >= 4 is 11.8 Å². The first-order valence-corrected chi connectivity index (χ1v) is 8.23. The van der Waals surface area contributed by atoms with Gasteiger partial charge in [-0.25, -0.2) is 0 Å². The van der Waals surface area contributed by atoms with E-state index < -0.39 is 0 Å². The van der Waals surface area contributed by atoms with Crippen molar-refractivity contribution in [1.82, 2.24) is 20.1 Å². The Kier molecular flexibility index (Phi) is 3.93. The lowest BCUT2D eigenvalue weighted by Gasteiger charge is -2.09. The number of nitrogens with one attached hydrogen (secondary N) is 1. The summed E-state index contributed by atoms with van der Waals surface area (Å²) in [6.07, 6.45) is 5.18. The molecule has 0 aromatic carbocycles. The van der Waals surface area contributed by atoms with Crippen LogP contribution < -0.4 is 5.32 Å². The molecule has 2 fully saturated rings. The van der Waals surface area contributed by atoms with Crippen LogP contribution in [0, 0.1) is 0 Å². The van der Waals surface area contributed by atoms with E-state index in [-0.39, 0.29) is 0 Å². The molecule has 0 radical (unpaired) electrons. The number of rotatable bonds is 8. The van der Waals surface area contributed by atoms with Gasteiger partial charge in [-0.3, -0.25) is 0 Å². The van der Waals surface area contributed by atoms with E-state index in [2.05, 4.69) is 33.6 Å². The van der Waals surface area contributed by atoms with Crippen LogP contribution >= 0.6 is 11.8 Å². The van der Waals surface area contributed by atoms with Gasteiger partial charge in [0.15, 0.2) is 5.16 Å². The Morgan fingerprint density at radius 3 is 2.79 bits per heavy atom. The van der Waals surface area contributed by atoms with Crippen molar-refractivity contribution in [3.8, 4) is 0 Å². The van der Waals surface area contributed by atoms with Crippen molar-refractivity contribution in [2.75, 3.05) is 18.8 Å². The zero-order valence-electron chi connectivity index (χ0n) is 11.6. The van der Waals surface area contributed by atoms with Gasteiger partial charge in [0.1, 0.15) is 5.82 Å². The third-order valence-electron chi connectivity index (χ3n) is 3.58. The van der Waals surface area contributed by atoms with Gasteiger partial charge < -0.3 is 9.88 Å². The van der Waals surface area contributed by atoms with Crippen LogP contribution in [0.2, 0.25) is 0 Å². The lowest BCUT2D eigenvalue weighted by Crippen LogP contribution is -2.16. The van der Waals surface area contributed by atoms with E-state index >= 15 is 0 Å². The van der Waals surface area contributed by atoms with E-state index in [1.54, 1.807) is 11.8 Å². The highest BCUT2D eigenvalue weighted by atomic mass is 32.2. The third kappa shape index (κ3) is 3.20. The summed E-state index contributed by atoms with van der Waals surface area (Å²) in [4.78, 5) is 0. The Morgan fingerprint density at radius 1 is 1.37 bits per heavy atom. The molecule has 1 N–H and O–H groups in total. The molecular formula is C14H22N4S. The smallest absolute Gasteiger partial charge is 0.191 e. The number of hydrogen-bond donors (Lipinski definition) is 1. The second-order valence-electron chi connectivity index (χ2n) is 5.54. The van der Waals surface area contributed by atoms with Crippen molar-refractivity contribution < 1.29 is 0 Å². The molecule has 5 heteroatoms. The highest BCUT2D eigenvalue weighted by Crippen LogP contribution is 2.46. The minimum atomic E-state index is 0.676. The summed E-state index contributed by atoms with van der Waals surface area (Å²) < 4.78 is 2.41. The van der Waals surface area contributed by atoms with Gasteiger partial charge in [-0.1, -0.05) is 30.8 Å². The zero-order chi connectivity index (χ0) is 13.2. The van der Waals surface area contributed by atoms with Crippen LogP contribution in [0.15, 0.2) is 17.3 Å². The summed E-state index contributed by atoms with van der Waals surface area (Å²) in [5, 5.41) is 13.2. The van der Waals surface area contributed by atoms with Gasteiger partial charge in [0.05, 0.1) is 0 Å². The minimum Gasteiger partial charge on any atom is -0.313 e. The third-order valence-corrected chi connectivity index (χ3v) is 4.66. The number of nitrogens with zero attached hydrogens (tertiary/aromatic N) is 3. The molecule has 0 amide bonds. The maximum absolute atomic E-state index is 4.43. The normalized spacial score (nSPS) is 18.8. The van der Waals surface area contributed by atoms with E-state index in [4.69, 9.17) is 0 Å². The van der Waals surface area contributed by atoms with Gasteiger partial charge in [0, 0.05) is 24.3 Å². The summed E-state index contributed by atoms with van der Waals surface area (Å²) in [6, 6.07) is 0.676. The van der Waals surface area contributed by atoms with Crippen LogP contribution in [-0.4, -0.2) is 33.6 Å². The van der Waals surface area contributed by atoms with E-state index in [0.717, 1.165) is 24.0 Å². The molecule has 19 heavy (non-hydrogen) atoms. The van der Waals surface area contributed by atoms with Gasteiger partial charge >= 0.3 is 0 Å². The average Bonchev–Trinajstić information content (AvgIpc) is 3.32.